The molecule has 0 aliphatic carbocycles. The molecule has 23 heavy (non-hydrogen) atoms. The van der Waals surface area contributed by atoms with Gasteiger partial charge in [-0.25, -0.2) is 0 Å². The van der Waals surface area contributed by atoms with E-state index in [1.54, 1.807) is 6.92 Å². The van der Waals surface area contributed by atoms with Crippen molar-refractivity contribution in [3.05, 3.63) is 34.3 Å². The molecule has 3 N–H and O–H groups in total. The van der Waals surface area contributed by atoms with Gasteiger partial charge in [0.2, 0.25) is 5.91 Å². The number of nitrogens with two attached hydrogens (primary N) is 1. The van der Waals surface area contributed by atoms with Gasteiger partial charge < -0.3 is 15.8 Å². The van der Waals surface area contributed by atoms with Crippen LogP contribution in [0.2, 0.25) is 0 Å². The molecular formula is C17H26BrClN2O2. The van der Waals surface area contributed by atoms with Gasteiger partial charge in [0.25, 0.3) is 0 Å². The number of hydrogen-bond donors (Lipinski definition) is 2. The highest BCUT2D eigenvalue weighted by atomic mass is 79.9. The summed E-state index contributed by atoms with van der Waals surface area (Å²) in [5.41, 5.74) is 6.02. The van der Waals surface area contributed by atoms with Gasteiger partial charge in [-0.2, -0.15) is 0 Å². The molecule has 1 fully saturated rings. The lowest BCUT2D eigenvalue weighted by atomic mass is 9.90. The fraction of sp³-hybridized carbons (Fsp3) is 0.588. The summed E-state index contributed by atoms with van der Waals surface area (Å²) in [5, 5.41) is 3.01. The summed E-state index contributed by atoms with van der Waals surface area (Å²) < 4.78 is 6.72. The van der Waals surface area contributed by atoms with Crippen molar-refractivity contribution in [3.8, 4) is 0 Å². The normalized spacial score (nSPS) is 23.2. The summed E-state index contributed by atoms with van der Waals surface area (Å²) >= 11 is 3.39. The van der Waals surface area contributed by atoms with Gasteiger partial charge >= 0.3 is 0 Å². The fourth-order valence-electron chi connectivity index (χ4n) is 2.95. The smallest absolute Gasteiger partial charge is 0.244 e. The Bertz CT molecular complexity index is 520. The van der Waals surface area contributed by atoms with Crippen molar-refractivity contribution in [1.29, 1.82) is 0 Å². The number of carbonyl (C=O) groups is 1. The molecule has 1 amide bonds. The molecule has 0 saturated carbocycles. The molecule has 0 radical (unpaired) electrons. The third-order valence-electron chi connectivity index (χ3n) is 4.36. The van der Waals surface area contributed by atoms with E-state index in [1.165, 1.54) is 0 Å². The zero-order valence-electron chi connectivity index (χ0n) is 13.8. The number of benzene rings is 1. The zero-order valence-corrected chi connectivity index (χ0v) is 16.2. The van der Waals surface area contributed by atoms with Crippen LogP contribution in [-0.2, 0) is 15.1 Å². The van der Waals surface area contributed by atoms with E-state index >= 15 is 0 Å². The highest BCUT2D eigenvalue weighted by molar-refractivity contribution is 9.10. The number of carbonyl (C=O) groups excluding carboxylic acids is 1. The van der Waals surface area contributed by atoms with Crippen LogP contribution in [-0.4, -0.2) is 25.2 Å². The van der Waals surface area contributed by atoms with Crippen LogP contribution < -0.4 is 11.1 Å². The molecule has 1 heterocycles. The first-order chi connectivity index (χ1) is 10.3. The molecular weight excluding hydrogens is 380 g/mol. The van der Waals surface area contributed by atoms with Crippen LogP contribution in [0.4, 0.5) is 0 Å². The molecule has 3 unspecified atom stereocenters. The Hall–Kier alpha value is -0.620. The predicted octanol–water partition coefficient (Wildman–Crippen LogP) is 3.22. The van der Waals surface area contributed by atoms with Crippen molar-refractivity contribution < 1.29 is 9.53 Å². The number of halogens is 2. The molecule has 0 aromatic heterocycles. The molecule has 6 heteroatoms. The number of nitrogens with one attached hydrogen (secondary N) is 1. The Morgan fingerprint density at radius 3 is 2.61 bits per heavy atom. The Kier molecular flexibility index (Phi) is 7.52. The topological polar surface area (TPSA) is 64.3 Å². The van der Waals surface area contributed by atoms with Crippen molar-refractivity contribution in [2.75, 3.05) is 13.2 Å². The molecule has 3 atom stereocenters. The first-order valence-corrected chi connectivity index (χ1v) is 8.56. The maximum Gasteiger partial charge on any atom is 0.244 e. The van der Waals surface area contributed by atoms with Gasteiger partial charge in [-0.15, -0.1) is 12.4 Å². The van der Waals surface area contributed by atoms with Gasteiger partial charge in [0, 0.05) is 23.5 Å². The van der Waals surface area contributed by atoms with Crippen molar-refractivity contribution in [3.63, 3.8) is 0 Å². The Morgan fingerprint density at radius 1 is 1.43 bits per heavy atom. The number of rotatable bonds is 5. The summed E-state index contributed by atoms with van der Waals surface area (Å²) in [7, 11) is 0. The summed E-state index contributed by atoms with van der Waals surface area (Å²) in [6.07, 6.45) is 1.21. The first-order valence-electron chi connectivity index (χ1n) is 7.77. The molecule has 130 valence electrons. The highest BCUT2D eigenvalue weighted by Gasteiger charge is 2.34. The zero-order chi connectivity index (χ0) is 16.3. The van der Waals surface area contributed by atoms with Gasteiger partial charge in [-0.05, 0) is 37.0 Å². The summed E-state index contributed by atoms with van der Waals surface area (Å²) in [4.78, 5) is 12.5. The Labute approximate surface area is 153 Å². The van der Waals surface area contributed by atoms with E-state index in [1.807, 2.05) is 24.3 Å². The minimum Gasteiger partial charge on any atom is -0.378 e. The van der Waals surface area contributed by atoms with Crippen LogP contribution >= 0.6 is 28.3 Å². The average Bonchev–Trinajstić information content (AvgIpc) is 2.93. The van der Waals surface area contributed by atoms with E-state index in [9.17, 15) is 4.79 Å². The molecule has 0 bridgehead atoms. The largest absolute Gasteiger partial charge is 0.378 e. The molecule has 1 aliphatic heterocycles. The minimum absolute atomic E-state index is 0. The van der Waals surface area contributed by atoms with Gasteiger partial charge in [-0.1, -0.05) is 41.9 Å². The number of hydrogen-bond acceptors (Lipinski definition) is 3. The second-order valence-electron chi connectivity index (χ2n) is 6.55. The third kappa shape index (κ3) is 4.92. The number of amides is 1. The van der Waals surface area contributed by atoms with Gasteiger partial charge in [0.05, 0.1) is 6.10 Å². The molecule has 1 aliphatic rings. The lowest BCUT2D eigenvalue weighted by Gasteiger charge is -2.27. The van der Waals surface area contributed by atoms with Crippen LogP contribution in [0.25, 0.3) is 0 Å². The Morgan fingerprint density at radius 2 is 2.04 bits per heavy atom. The Balaban J connectivity index is 0.00000264. The van der Waals surface area contributed by atoms with Crippen LogP contribution in [0.15, 0.2) is 28.7 Å². The lowest BCUT2D eigenvalue weighted by molar-refractivity contribution is -0.126. The van der Waals surface area contributed by atoms with Gasteiger partial charge in [-0.3, -0.25) is 4.79 Å². The van der Waals surface area contributed by atoms with Crippen molar-refractivity contribution >= 4 is 34.2 Å². The highest BCUT2D eigenvalue weighted by Crippen LogP contribution is 2.27. The van der Waals surface area contributed by atoms with Gasteiger partial charge in [0.1, 0.15) is 5.54 Å². The van der Waals surface area contributed by atoms with Crippen LogP contribution in [0.5, 0.6) is 0 Å². The maximum atomic E-state index is 12.5. The molecule has 1 aromatic carbocycles. The van der Waals surface area contributed by atoms with E-state index in [-0.39, 0.29) is 24.4 Å². The SMILES string of the molecule is CC(C)C1OCCC1CNC(=O)C(C)(N)c1ccc(Br)cc1.Cl. The third-order valence-corrected chi connectivity index (χ3v) is 4.89. The lowest BCUT2D eigenvalue weighted by Crippen LogP contribution is -2.50. The van der Waals surface area contributed by atoms with E-state index in [2.05, 4.69) is 35.1 Å². The quantitative estimate of drug-likeness (QED) is 0.790. The summed E-state index contributed by atoms with van der Waals surface area (Å²) in [6, 6.07) is 7.54. The molecule has 4 nitrogen and oxygen atoms in total. The minimum atomic E-state index is -1.03. The number of ether oxygens (including phenoxy) is 1. The molecule has 2 rings (SSSR count). The second-order valence-corrected chi connectivity index (χ2v) is 7.46. The van der Waals surface area contributed by atoms with Gasteiger partial charge in [0.15, 0.2) is 0 Å². The van der Waals surface area contributed by atoms with Crippen LogP contribution in [0.1, 0.15) is 32.8 Å². The monoisotopic (exact) mass is 404 g/mol. The average molecular weight is 406 g/mol. The second kappa shape index (κ2) is 8.47. The van der Waals surface area contributed by atoms with Crippen molar-refractivity contribution in [2.45, 2.75) is 38.8 Å². The first kappa shape index (κ1) is 20.4. The molecule has 1 saturated heterocycles. The van der Waals surface area contributed by atoms with E-state index in [4.69, 9.17) is 10.5 Å². The van der Waals surface area contributed by atoms with E-state index in [0.717, 1.165) is 23.1 Å². The fourth-order valence-corrected chi connectivity index (χ4v) is 3.21. The van der Waals surface area contributed by atoms with Crippen molar-refractivity contribution in [2.24, 2.45) is 17.6 Å². The standard InChI is InChI=1S/C17H25BrN2O2.ClH/c1-11(2)15-12(8-9-22-15)10-20-16(21)17(3,19)13-4-6-14(18)7-5-13;/h4-7,11-12,15H,8-10,19H2,1-3H3,(H,20,21);1H. The van der Waals surface area contributed by atoms with Crippen molar-refractivity contribution in [1.82, 2.24) is 5.32 Å². The molecule has 0 spiro atoms. The van der Waals surface area contributed by atoms with E-state index in [0.29, 0.717) is 18.4 Å². The summed E-state index contributed by atoms with van der Waals surface area (Å²) in [5.74, 6) is 0.675. The predicted molar refractivity (Wildman–Crippen MR) is 98.6 cm³/mol. The van der Waals surface area contributed by atoms with Crippen LogP contribution in [0, 0.1) is 11.8 Å². The van der Waals surface area contributed by atoms with Crippen LogP contribution in [0.3, 0.4) is 0 Å². The van der Waals surface area contributed by atoms with E-state index < -0.39 is 5.54 Å². The molecule has 1 aromatic rings. The summed E-state index contributed by atoms with van der Waals surface area (Å²) in [6.45, 7) is 7.44. The maximum absolute atomic E-state index is 12.5.